The predicted octanol–water partition coefficient (Wildman–Crippen LogP) is 2.80. The monoisotopic (exact) mass is 364 g/mol. The molecule has 1 aliphatic heterocycles. The van der Waals surface area contributed by atoms with Crippen LogP contribution >= 0.6 is 23.1 Å². The fourth-order valence-corrected chi connectivity index (χ4v) is 4.31. The van der Waals surface area contributed by atoms with Gasteiger partial charge in [0, 0.05) is 24.5 Å². The minimum atomic E-state index is -0.226. The van der Waals surface area contributed by atoms with E-state index in [4.69, 9.17) is 4.74 Å². The summed E-state index contributed by atoms with van der Waals surface area (Å²) in [5, 5.41) is 11.6. The van der Waals surface area contributed by atoms with E-state index in [1.54, 1.807) is 0 Å². The summed E-state index contributed by atoms with van der Waals surface area (Å²) in [5.74, 6) is -0.0352. The summed E-state index contributed by atoms with van der Waals surface area (Å²) in [6, 6.07) is 7.95. The van der Waals surface area contributed by atoms with Gasteiger partial charge in [-0.05, 0) is 38.1 Å². The Kier molecular flexibility index (Phi) is 5.70. The summed E-state index contributed by atoms with van der Waals surface area (Å²) in [5.41, 5.74) is 1.96. The zero-order valence-corrected chi connectivity index (χ0v) is 15.3. The average molecular weight is 364 g/mol. The third-order valence-corrected chi connectivity index (χ3v) is 5.69. The second-order valence-electron chi connectivity index (χ2n) is 5.48. The molecule has 1 aliphatic rings. The first-order valence-electron chi connectivity index (χ1n) is 7.82. The van der Waals surface area contributed by atoms with Gasteiger partial charge in [0.05, 0.1) is 18.5 Å². The lowest BCUT2D eigenvalue weighted by atomic mass is 10.2. The lowest BCUT2D eigenvalue weighted by Gasteiger charge is -2.28. The molecule has 0 aliphatic carbocycles. The third kappa shape index (κ3) is 4.46. The smallest absolute Gasteiger partial charge is 0.237 e. The van der Waals surface area contributed by atoms with Crippen LogP contribution in [-0.4, -0.2) is 47.7 Å². The van der Waals surface area contributed by atoms with Gasteiger partial charge < -0.3 is 15.0 Å². The maximum absolute atomic E-state index is 12.3. The summed E-state index contributed by atoms with van der Waals surface area (Å²) < 4.78 is 6.18. The molecule has 1 atom stereocenters. The number of morpholine rings is 1. The lowest BCUT2D eigenvalue weighted by molar-refractivity contribution is -0.115. The standard InChI is InChI=1S/C16H20N4O2S2/c1-11(23-16-19-18-12(2)24-16)15(21)17-13-3-5-14(6-4-13)20-7-9-22-10-8-20/h3-6,11H,7-10H2,1-2H3,(H,17,21)/t11-/m1/s1. The number of benzene rings is 1. The van der Waals surface area contributed by atoms with Crippen LogP contribution in [0.15, 0.2) is 28.6 Å². The second-order valence-corrected chi connectivity index (χ2v) is 8.25. The van der Waals surface area contributed by atoms with E-state index in [9.17, 15) is 4.79 Å². The summed E-state index contributed by atoms with van der Waals surface area (Å²) in [6.07, 6.45) is 0. The van der Waals surface area contributed by atoms with Crippen LogP contribution in [0.25, 0.3) is 0 Å². The second kappa shape index (κ2) is 7.96. The quantitative estimate of drug-likeness (QED) is 0.823. The van der Waals surface area contributed by atoms with Gasteiger partial charge in [0.25, 0.3) is 0 Å². The van der Waals surface area contributed by atoms with Gasteiger partial charge >= 0.3 is 0 Å². The molecule has 1 N–H and O–H groups in total. The number of thioether (sulfide) groups is 1. The van der Waals surface area contributed by atoms with Crippen LogP contribution in [0.2, 0.25) is 0 Å². The number of aryl methyl sites for hydroxylation is 1. The molecule has 1 fully saturated rings. The molecule has 24 heavy (non-hydrogen) atoms. The SMILES string of the molecule is Cc1nnc(S[C@H](C)C(=O)Nc2ccc(N3CCOCC3)cc2)s1. The molecule has 1 aromatic heterocycles. The molecule has 8 heteroatoms. The number of amides is 1. The molecule has 1 amide bonds. The highest BCUT2D eigenvalue weighted by molar-refractivity contribution is 8.02. The number of hydrogen-bond donors (Lipinski definition) is 1. The van der Waals surface area contributed by atoms with Crippen molar-refractivity contribution in [1.29, 1.82) is 0 Å². The molecule has 0 radical (unpaired) electrons. The summed E-state index contributed by atoms with van der Waals surface area (Å²) in [6.45, 7) is 7.11. The minimum Gasteiger partial charge on any atom is -0.378 e. The molecule has 2 heterocycles. The van der Waals surface area contributed by atoms with Crippen LogP contribution in [0.4, 0.5) is 11.4 Å². The van der Waals surface area contributed by atoms with Crippen LogP contribution < -0.4 is 10.2 Å². The van der Waals surface area contributed by atoms with E-state index in [2.05, 4.69) is 20.4 Å². The third-order valence-electron chi connectivity index (χ3n) is 3.67. The van der Waals surface area contributed by atoms with Crippen molar-refractivity contribution < 1.29 is 9.53 Å². The van der Waals surface area contributed by atoms with Crippen molar-refractivity contribution in [3.8, 4) is 0 Å². The van der Waals surface area contributed by atoms with E-state index in [1.807, 2.05) is 38.1 Å². The topological polar surface area (TPSA) is 67.4 Å². The van der Waals surface area contributed by atoms with E-state index >= 15 is 0 Å². The Bertz CT molecular complexity index is 684. The van der Waals surface area contributed by atoms with Crippen molar-refractivity contribution in [3.63, 3.8) is 0 Å². The molecule has 0 unspecified atom stereocenters. The number of rotatable bonds is 5. The first-order valence-corrected chi connectivity index (χ1v) is 9.52. The molecule has 3 rings (SSSR count). The van der Waals surface area contributed by atoms with Crippen LogP contribution in [0.3, 0.4) is 0 Å². The maximum atomic E-state index is 12.3. The maximum Gasteiger partial charge on any atom is 0.237 e. The first-order chi connectivity index (χ1) is 11.6. The van der Waals surface area contributed by atoms with Crippen molar-refractivity contribution in [2.75, 3.05) is 36.5 Å². The van der Waals surface area contributed by atoms with E-state index < -0.39 is 0 Å². The predicted molar refractivity (Wildman–Crippen MR) is 98.1 cm³/mol. The Morgan fingerprint density at radius 1 is 1.29 bits per heavy atom. The van der Waals surface area contributed by atoms with E-state index in [-0.39, 0.29) is 11.2 Å². The van der Waals surface area contributed by atoms with Gasteiger partial charge in [-0.3, -0.25) is 4.79 Å². The molecule has 1 saturated heterocycles. The van der Waals surface area contributed by atoms with Crippen molar-refractivity contribution in [2.45, 2.75) is 23.4 Å². The highest BCUT2D eigenvalue weighted by atomic mass is 32.2. The van der Waals surface area contributed by atoms with Gasteiger partial charge in [0.1, 0.15) is 5.01 Å². The highest BCUT2D eigenvalue weighted by Crippen LogP contribution is 2.27. The average Bonchev–Trinajstić information content (AvgIpc) is 3.01. The molecule has 0 spiro atoms. The number of anilines is 2. The molecule has 128 valence electrons. The van der Waals surface area contributed by atoms with Gasteiger partial charge in [-0.1, -0.05) is 23.1 Å². The summed E-state index contributed by atoms with van der Waals surface area (Å²) in [4.78, 5) is 14.6. The van der Waals surface area contributed by atoms with Gasteiger partial charge in [-0.25, -0.2) is 0 Å². The fourth-order valence-electron chi connectivity index (χ4n) is 2.35. The Hall–Kier alpha value is -1.64. The lowest BCUT2D eigenvalue weighted by Crippen LogP contribution is -2.36. The Labute approximate surface area is 149 Å². The van der Waals surface area contributed by atoms with Crippen molar-refractivity contribution >= 4 is 40.4 Å². The van der Waals surface area contributed by atoms with Crippen molar-refractivity contribution in [3.05, 3.63) is 29.3 Å². The normalized spacial score (nSPS) is 16.0. The first kappa shape index (κ1) is 17.2. The number of aromatic nitrogens is 2. The van der Waals surface area contributed by atoms with Gasteiger partial charge in [0.15, 0.2) is 4.34 Å². The largest absolute Gasteiger partial charge is 0.378 e. The van der Waals surface area contributed by atoms with Crippen LogP contribution in [0.5, 0.6) is 0 Å². The van der Waals surface area contributed by atoms with Crippen LogP contribution in [0.1, 0.15) is 11.9 Å². The molecule has 6 nitrogen and oxygen atoms in total. The molecular formula is C16H20N4O2S2. The number of nitrogens with one attached hydrogen (secondary N) is 1. The number of carbonyl (C=O) groups is 1. The van der Waals surface area contributed by atoms with Gasteiger partial charge in [0.2, 0.25) is 5.91 Å². The fraction of sp³-hybridized carbons (Fsp3) is 0.438. The zero-order chi connectivity index (χ0) is 16.9. The van der Waals surface area contributed by atoms with Crippen LogP contribution in [-0.2, 0) is 9.53 Å². The summed E-state index contributed by atoms with van der Waals surface area (Å²) in [7, 11) is 0. The van der Waals surface area contributed by atoms with Crippen molar-refractivity contribution in [2.24, 2.45) is 0 Å². The van der Waals surface area contributed by atoms with E-state index in [0.29, 0.717) is 0 Å². The Balaban J connectivity index is 1.55. The van der Waals surface area contributed by atoms with Gasteiger partial charge in [-0.2, -0.15) is 0 Å². The molecule has 1 aromatic carbocycles. The van der Waals surface area contributed by atoms with E-state index in [1.165, 1.54) is 23.1 Å². The molecule has 2 aromatic rings. The number of carbonyl (C=O) groups excluding carboxylic acids is 1. The number of nitrogens with zero attached hydrogens (tertiary/aromatic N) is 3. The number of hydrogen-bond acceptors (Lipinski definition) is 7. The Morgan fingerprint density at radius 2 is 2.00 bits per heavy atom. The molecular weight excluding hydrogens is 344 g/mol. The number of ether oxygens (including phenoxy) is 1. The summed E-state index contributed by atoms with van der Waals surface area (Å²) >= 11 is 2.93. The minimum absolute atomic E-state index is 0.0352. The van der Waals surface area contributed by atoms with E-state index in [0.717, 1.165) is 47.0 Å². The zero-order valence-electron chi connectivity index (χ0n) is 13.7. The molecule has 0 bridgehead atoms. The van der Waals surface area contributed by atoms with Gasteiger partial charge in [-0.15, -0.1) is 10.2 Å². The van der Waals surface area contributed by atoms with Crippen molar-refractivity contribution in [1.82, 2.24) is 10.2 Å². The Morgan fingerprint density at radius 3 is 2.62 bits per heavy atom. The highest BCUT2D eigenvalue weighted by Gasteiger charge is 2.17. The molecule has 0 saturated carbocycles. The van der Waals surface area contributed by atoms with Crippen LogP contribution in [0, 0.1) is 6.92 Å².